The number of hydrogen-bond donors (Lipinski definition) is 2. The van der Waals surface area contributed by atoms with E-state index in [0.29, 0.717) is 29.8 Å². The highest BCUT2D eigenvalue weighted by Crippen LogP contribution is 2.27. The summed E-state index contributed by atoms with van der Waals surface area (Å²) < 4.78 is 5.17. The van der Waals surface area contributed by atoms with Crippen LogP contribution in [0.15, 0.2) is 72.8 Å². The van der Waals surface area contributed by atoms with E-state index in [1.54, 1.807) is 41.2 Å². The van der Waals surface area contributed by atoms with Crippen LogP contribution in [0.3, 0.4) is 0 Å². The lowest BCUT2D eigenvalue weighted by Crippen LogP contribution is -2.57. The standard InChI is InChI=1S/C27H28N2O5/c1-34-24-12-8-20(9-13-24)27(33)28-17-22(10-7-19-5-3-2-4-6-19)29(26(32)18-28)16-21-15-23(30)11-14-25(21)31/h2-6,8-9,11-15,22,30-31H,7,10,16-18H2,1H3/t22-/m0/s1. The molecule has 1 atom stereocenters. The molecule has 0 aromatic heterocycles. The van der Waals surface area contributed by atoms with Crippen LogP contribution in [0.4, 0.5) is 0 Å². The van der Waals surface area contributed by atoms with Crippen molar-refractivity contribution in [1.82, 2.24) is 9.80 Å². The van der Waals surface area contributed by atoms with Gasteiger partial charge in [-0.2, -0.15) is 0 Å². The molecule has 2 amide bonds. The molecule has 176 valence electrons. The van der Waals surface area contributed by atoms with Crippen molar-refractivity contribution >= 4 is 11.8 Å². The Kier molecular flexibility index (Phi) is 7.01. The van der Waals surface area contributed by atoms with Gasteiger partial charge in [0.25, 0.3) is 5.91 Å². The Morgan fingerprint density at radius 3 is 2.47 bits per heavy atom. The molecule has 1 heterocycles. The zero-order valence-corrected chi connectivity index (χ0v) is 19.1. The number of aryl methyl sites for hydroxylation is 1. The van der Waals surface area contributed by atoms with Gasteiger partial charge in [-0.1, -0.05) is 30.3 Å². The first-order chi connectivity index (χ1) is 16.4. The van der Waals surface area contributed by atoms with Crippen molar-refractivity contribution in [3.05, 3.63) is 89.5 Å². The van der Waals surface area contributed by atoms with E-state index >= 15 is 0 Å². The monoisotopic (exact) mass is 460 g/mol. The summed E-state index contributed by atoms with van der Waals surface area (Å²) in [6, 6.07) is 20.9. The number of hydrogen-bond acceptors (Lipinski definition) is 5. The summed E-state index contributed by atoms with van der Waals surface area (Å²) in [5.41, 5.74) is 2.11. The van der Waals surface area contributed by atoms with Gasteiger partial charge in [-0.15, -0.1) is 0 Å². The molecule has 1 aliphatic rings. The lowest BCUT2D eigenvalue weighted by Gasteiger charge is -2.41. The van der Waals surface area contributed by atoms with Gasteiger partial charge in [0.15, 0.2) is 0 Å². The number of carbonyl (C=O) groups excluding carboxylic acids is 2. The number of aromatic hydroxyl groups is 2. The van der Waals surface area contributed by atoms with Gasteiger partial charge in [0.2, 0.25) is 5.91 Å². The number of ether oxygens (including phenoxy) is 1. The van der Waals surface area contributed by atoms with Gasteiger partial charge in [0, 0.05) is 24.2 Å². The second-order valence-corrected chi connectivity index (χ2v) is 8.43. The Morgan fingerprint density at radius 2 is 1.76 bits per heavy atom. The first-order valence-electron chi connectivity index (χ1n) is 11.2. The Labute approximate surface area is 198 Å². The van der Waals surface area contributed by atoms with Crippen LogP contribution >= 0.6 is 0 Å². The number of rotatable bonds is 7. The van der Waals surface area contributed by atoms with E-state index in [0.717, 1.165) is 12.0 Å². The van der Waals surface area contributed by atoms with E-state index in [2.05, 4.69) is 0 Å². The minimum Gasteiger partial charge on any atom is -0.508 e. The Morgan fingerprint density at radius 1 is 1.03 bits per heavy atom. The van der Waals surface area contributed by atoms with Crippen molar-refractivity contribution in [1.29, 1.82) is 0 Å². The van der Waals surface area contributed by atoms with Gasteiger partial charge in [-0.25, -0.2) is 0 Å². The fraction of sp³-hybridized carbons (Fsp3) is 0.259. The lowest BCUT2D eigenvalue weighted by molar-refractivity contribution is -0.139. The smallest absolute Gasteiger partial charge is 0.254 e. The van der Waals surface area contributed by atoms with Gasteiger partial charge in [-0.3, -0.25) is 9.59 Å². The molecule has 2 N–H and O–H groups in total. The highest BCUT2D eigenvalue weighted by atomic mass is 16.5. The predicted octanol–water partition coefficient (Wildman–Crippen LogP) is 3.59. The maximum atomic E-state index is 13.2. The quantitative estimate of drug-likeness (QED) is 0.526. The summed E-state index contributed by atoms with van der Waals surface area (Å²) in [6.07, 6.45) is 1.40. The molecule has 0 aliphatic carbocycles. The van der Waals surface area contributed by atoms with Gasteiger partial charge in [0.1, 0.15) is 23.8 Å². The molecule has 0 spiro atoms. The van der Waals surface area contributed by atoms with E-state index in [4.69, 9.17) is 4.74 Å². The van der Waals surface area contributed by atoms with Crippen LogP contribution < -0.4 is 4.74 Å². The maximum Gasteiger partial charge on any atom is 0.254 e. The molecule has 1 aliphatic heterocycles. The van der Waals surface area contributed by atoms with E-state index in [1.807, 2.05) is 30.3 Å². The van der Waals surface area contributed by atoms with Crippen LogP contribution in [-0.4, -0.2) is 58.1 Å². The molecule has 0 bridgehead atoms. The van der Waals surface area contributed by atoms with Gasteiger partial charge < -0.3 is 24.7 Å². The van der Waals surface area contributed by atoms with Crippen LogP contribution in [0.25, 0.3) is 0 Å². The van der Waals surface area contributed by atoms with E-state index < -0.39 is 0 Å². The fourth-order valence-electron chi connectivity index (χ4n) is 4.27. The van der Waals surface area contributed by atoms with Gasteiger partial charge >= 0.3 is 0 Å². The second-order valence-electron chi connectivity index (χ2n) is 8.43. The Bertz CT molecular complexity index is 1150. The van der Waals surface area contributed by atoms with Crippen LogP contribution in [-0.2, 0) is 17.8 Å². The van der Waals surface area contributed by atoms with Crippen molar-refractivity contribution in [2.24, 2.45) is 0 Å². The zero-order valence-electron chi connectivity index (χ0n) is 19.1. The summed E-state index contributed by atoms with van der Waals surface area (Å²) in [6.45, 7) is 0.485. The van der Waals surface area contributed by atoms with E-state index in [-0.39, 0.29) is 42.4 Å². The highest BCUT2D eigenvalue weighted by molar-refractivity contribution is 5.97. The van der Waals surface area contributed by atoms with Crippen molar-refractivity contribution in [3.63, 3.8) is 0 Å². The summed E-state index contributed by atoms with van der Waals surface area (Å²) in [7, 11) is 1.57. The minimum atomic E-state index is -0.245. The Hall–Kier alpha value is -4.00. The normalized spacial score (nSPS) is 15.9. The van der Waals surface area contributed by atoms with Crippen LogP contribution in [0.5, 0.6) is 17.2 Å². The molecule has 0 radical (unpaired) electrons. The summed E-state index contributed by atoms with van der Waals surface area (Å²) in [4.78, 5) is 29.7. The minimum absolute atomic E-state index is 0.0177. The summed E-state index contributed by atoms with van der Waals surface area (Å²) in [5, 5.41) is 20.1. The highest BCUT2D eigenvalue weighted by Gasteiger charge is 2.35. The average Bonchev–Trinajstić information content (AvgIpc) is 2.86. The third-order valence-electron chi connectivity index (χ3n) is 6.16. The number of methoxy groups -OCH3 is 1. The van der Waals surface area contributed by atoms with Crippen LogP contribution in [0, 0.1) is 0 Å². The molecule has 34 heavy (non-hydrogen) atoms. The van der Waals surface area contributed by atoms with Gasteiger partial charge in [0.05, 0.1) is 13.2 Å². The van der Waals surface area contributed by atoms with E-state index in [1.165, 1.54) is 18.2 Å². The molecule has 3 aromatic carbocycles. The molecular formula is C27H28N2O5. The molecule has 7 heteroatoms. The number of amides is 2. The number of nitrogens with zero attached hydrogens (tertiary/aromatic N) is 2. The van der Waals surface area contributed by atoms with Crippen molar-refractivity contribution in [2.75, 3.05) is 20.2 Å². The third-order valence-corrected chi connectivity index (χ3v) is 6.16. The first kappa shape index (κ1) is 23.2. The number of benzene rings is 3. The Balaban J connectivity index is 1.56. The zero-order chi connectivity index (χ0) is 24.1. The van der Waals surface area contributed by atoms with Crippen LogP contribution in [0.2, 0.25) is 0 Å². The molecule has 1 saturated heterocycles. The lowest BCUT2D eigenvalue weighted by atomic mass is 10.00. The maximum absolute atomic E-state index is 13.2. The molecule has 7 nitrogen and oxygen atoms in total. The molecule has 3 aromatic rings. The number of phenols is 2. The fourth-order valence-corrected chi connectivity index (χ4v) is 4.27. The third kappa shape index (κ3) is 5.31. The number of carbonyl (C=O) groups is 2. The largest absolute Gasteiger partial charge is 0.508 e. The molecule has 1 fully saturated rings. The van der Waals surface area contributed by atoms with Crippen molar-refractivity contribution < 1.29 is 24.5 Å². The van der Waals surface area contributed by atoms with Crippen molar-refractivity contribution in [2.45, 2.75) is 25.4 Å². The molecule has 0 unspecified atom stereocenters. The van der Waals surface area contributed by atoms with Crippen molar-refractivity contribution in [3.8, 4) is 17.2 Å². The summed E-state index contributed by atoms with van der Waals surface area (Å²) >= 11 is 0. The number of piperazine rings is 1. The summed E-state index contributed by atoms with van der Waals surface area (Å²) in [5.74, 6) is 0.289. The molecule has 0 saturated carbocycles. The van der Waals surface area contributed by atoms with Gasteiger partial charge in [-0.05, 0) is 60.9 Å². The second kappa shape index (κ2) is 10.3. The van der Waals surface area contributed by atoms with E-state index in [9.17, 15) is 19.8 Å². The molecular weight excluding hydrogens is 432 g/mol. The average molecular weight is 461 g/mol. The topological polar surface area (TPSA) is 90.3 Å². The SMILES string of the molecule is COc1ccc(C(=O)N2CC(=O)N(Cc3cc(O)ccc3O)[C@@H](CCc3ccccc3)C2)cc1. The number of phenolic OH excluding ortho intramolecular Hbond substituents is 2. The van der Waals surface area contributed by atoms with Crippen LogP contribution in [0.1, 0.15) is 27.9 Å². The first-order valence-corrected chi connectivity index (χ1v) is 11.2. The predicted molar refractivity (Wildman–Crippen MR) is 128 cm³/mol. The molecule has 4 rings (SSSR count).